The van der Waals surface area contributed by atoms with Crippen LogP contribution in [0.3, 0.4) is 0 Å². The molecular weight excluding hydrogens is 176 g/mol. The summed E-state index contributed by atoms with van der Waals surface area (Å²) >= 11 is 0. The van der Waals surface area contributed by atoms with Gasteiger partial charge in [-0.1, -0.05) is 13.8 Å². The predicted molar refractivity (Wildman–Crippen MR) is 59.3 cm³/mol. The number of hydrogen-bond donors (Lipinski definition) is 3. The number of nitrogens with one attached hydrogen (secondary N) is 2. The molecular formula is C11H24N2O. The van der Waals surface area contributed by atoms with Crippen LogP contribution < -0.4 is 10.6 Å². The van der Waals surface area contributed by atoms with Crippen molar-refractivity contribution in [3.8, 4) is 0 Å². The zero-order valence-corrected chi connectivity index (χ0v) is 9.75. The Hall–Kier alpha value is -0.120. The van der Waals surface area contributed by atoms with E-state index >= 15 is 0 Å². The van der Waals surface area contributed by atoms with Crippen molar-refractivity contribution in [1.82, 2.24) is 10.6 Å². The Morgan fingerprint density at radius 1 is 1.14 bits per heavy atom. The fraction of sp³-hybridized carbons (Fsp3) is 1.00. The summed E-state index contributed by atoms with van der Waals surface area (Å²) in [5.41, 5.74) is 0. The van der Waals surface area contributed by atoms with Gasteiger partial charge in [-0.05, 0) is 25.7 Å². The molecule has 5 unspecified atom stereocenters. The summed E-state index contributed by atoms with van der Waals surface area (Å²) in [5.74, 6) is 0.859. The van der Waals surface area contributed by atoms with Crippen LogP contribution in [-0.4, -0.2) is 36.4 Å². The Morgan fingerprint density at radius 3 is 2.21 bits per heavy atom. The standard InChI is InChI=1S/C11H24N2O/c1-7-5-13-11(6-12-7)9(3)8(2)10(4)14/h7-14H,5-6H2,1-4H3. The van der Waals surface area contributed by atoms with Gasteiger partial charge < -0.3 is 15.7 Å². The van der Waals surface area contributed by atoms with Gasteiger partial charge >= 0.3 is 0 Å². The Kier molecular flexibility index (Phi) is 4.35. The maximum Gasteiger partial charge on any atom is 0.0540 e. The summed E-state index contributed by atoms with van der Waals surface area (Å²) in [6, 6.07) is 1.07. The number of aliphatic hydroxyl groups is 1. The van der Waals surface area contributed by atoms with Crippen molar-refractivity contribution < 1.29 is 5.11 Å². The first-order valence-electron chi connectivity index (χ1n) is 5.67. The zero-order chi connectivity index (χ0) is 10.7. The molecule has 1 fully saturated rings. The van der Waals surface area contributed by atoms with Gasteiger partial charge in [0.2, 0.25) is 0 Å². The quantitative estimate of drug-likeness (QED) is 0.625. The Labute approximate surface area is 87.3 Å². The molecule has 14 heavy (non-hydrogen) atoms. The first kappa shape index (κ1) is 12.0. The molecule has 3 heteroatoms. The summed E-state index contributed by atoms with van der Waals surface area (Å²) in [6.45, 7) is 10.4. The molecule has 1 aliphatic heterocycles. The van der Waals surface area contributed by atoms with Crippen molar-refractivity contribution in [3.05, 3.63) is 0 Å². The number of hydrogen-bond acceptors (Lipinski definition) is 3. The lowest BCUT2D eigenvalue weighted by Crippen LogP contribution is -2.56. The first-order valence-corrected chi connectivity index (χ1v) is 5.67. The van der Waals surface area contributed by atoms with Crippen molar-refractivity contribution in [2.24, 2.45) is 11.8 Å². The van der Waals surface area contributed by atoms with E-state index in [9.17, 15) is 5.11 Å². The van der Waals surface area contributed by atoms with Gasteiger partial charge in [0.1, 0.15) is 0 Å². The smallest absolute Gasteiger partial charge is 0.0540 e. The summed E-state index contributed by atoms with van der Waals surface area (Å²) < 4.78 is 0. The van der Waals surface area contributed by atoms with Crippen LogP contribution in [0.1, 0.15) is 27.7 Å². The zero-order valence-electron chi connectivity index (χ0n) is 9.75. The Balaban J connectivity index is 2.41. The number of piperazine rings is 1. The van der Waals surface area contributed by atoms with Crippen molar-refractivity contribution >= 4 is 0 Å². The lowest BCUT2D eigenvalue weighted by atomic mass is 9.84. The third-order valence-corrected chi connectivity index (χ3v) is 3.60. The van der Waals surface area contributed by atoms with Gasteiger partial charge in [-0.2, -0.15) is 0 Å². The normalized spacial score (nSPS) is 34.9. The maximum absolute atomic E-state index is 9.53. The van der Waals surface area contributed by atoms with Gasteiger partial charge in [-0.25, -0.2) is 0 Å². The molecule has 0 aliphatic carbocycles. The second kappa shape index (κ2) is 5.10. The van der Waals surface area contributed by atoms with E-state index < -0.39 is 0 Å². The molecule has 3 nitrogen and oxygen atoms in total. The maximum atomic E-state index is 9.53. The van der Waals surface area contributed by atoms with Crippen LogP contribution in [0.25, 0.3) is 0 Å². The molecule has 0 amide bonds. The third kappa shape index (κ3) is 2.94. The summed E-state index contributed by atoms with van der Waals surface area (Å²) in [6.07, 6.45) is -0.217. The van der Waals surface area contributed by atoms with E-state index in [2.05, 4.69) is 31.4 Å². The first-order chi connectivity index (χ1) is 6.52. The molecule has 0 radical (unpaired) electrons. The summed E-state index contributed by atoms with van der Waals surface area (Å²) in [7, 11) is 0. The topological polar surface area (TPSA) is 44.3 Å². The highest BCUT2D eigenvalue weighted by atomic mass is 16.3. The molecule has 0 spiro atoms. The monoisotopic (exact) mass is 200 g/mol. The van der Waals surface area contributed by atoms with Gasteiger partial charge in [0.25, 0.3) is 0 Å². The molecule has 3 N–H and O–H groups in total. The minimum absolute atomic E-state index is 0.217. The molecule has 1 saturated heterocycles. The lowest BCUT2D eigenvalue weighted by molar-refractivity contribution is 0.0848. The van der Waals surface area contributed by atoms with Crippen molar-refractivity contribution in [2.45, 2.75) is 45.9 Å². The molecule has 84 valence electrons. The second-order valence-corrected chi connectivity index (χ2v) is 4.78. The highest BCUT2D eigenvalue weighted by Crippen LogP contribution is 2.19. The molecule has 1 heterocycles. The largest absolute Gasteiger partial charge is 0.393 e. The second-order valence-electron chi connectivity index (χ2n) is 4.78. The van der Waals surface area contributed by atoms with Crippen LogP contribution >= 0.6 is 0 Å². The van der Waals surface area contributed by atoms with Gasteiger partial charge in [0.15, 0.2) is 0 Å². The van der Waals surface area contributed by atoms with Crippen LogP contribution in [0, 0.1) is 11.8 Å². The minimum atomic E-state index is -0.217. The Bertz CT molecular complexity index is 165. The average molecular weight is 200 g/mol. The average Bonchev–Trinajstić information content (AvgIpc) is 2.16. The molecule has 0 bridgehead atoms. The highest BCUT2D eigenvalue weighted by Gasteiger charge is 2.27. The fourth-order valence-corrected chi connectivity index (χ4v) is 1.98. The van der Waals surface area contributed by atoms with E-state index in [0.717, 1.165) is 13.1 Å². The third-order valence-electron chi connectivity index (χ3n) is 3.60. The number of aliphatic hydroxyl groups excluding tert-OH is 1. The molecule has 0 aromatic carbocycles. The SMILES string of the molecule is CC1CNC(C(C)C(C)C(C)O)CN1. The van der Waals surface area contributed by atoms with Crippen LogP contribution in [0.4, 0.5) is 0 Å². The van der Waals surface area contributed by atoms with E-state index in [4.69, 9.17) is 0 Å². The van der Waals surface area contributed by atoms with E-state index in [0.29, 0.717) is 23.9 Å². The van der Waals surface area contributed by atoms with E-state index in [1.807, 2.05) is 6.92 Å². The van der Waals surface area contributed by atoms with Crippen LogP contribution in [0.5, 0.6) is 0 Å². The predicted octanol–water partition coefficient (Wildman–Crippen LogP) is 0.589. The minimum Gasteiger partial charge on any atom is -0.393 e. The van der Waals surface area contributed by atoms with Crippen LogP contribution in [0.15, 0.2) is 0 Å². The van der Waals surface area contributed by atoms with Gasteiger partial charge in [0.05, 0.1) is 6.10 Å². The Morgan fingerprint density at radius 2 is 1.79 bits per heavy atom. The van der Waals surface area contributed by atoms with Gasteiger partial charge in [-0.15, -0.1) is 0 Å². The van der Waals surface area contributed by atoms with Gasteiger partial charge in [0, 0.05) is 25.2 Å². The lowest BCUT2D eigenvalue weighted by Gasteiger charge is -2.36. The molecule has 1 rings (SSSR count). The van der Waals surface area contributed by atoms with E-state index in [-0.39, 0.29) is 6.10 Å². The number of rotatable bonds is 3. The van der Waals surface area contributed by atoms with Gasteiger partial charge in [-0.3, -0.25) is 0 Å². The van der Waals surface area contributed by atoms with Crippen molar-refractivity contribution in [3.63, 3.8) is 0 Å². The molecule has 5 atom stereocenters. The molecule has 0 aromatic heterocycles. The fourth-order valence-electron chi connectivity index (χ4n) is 1.98. The van der Waals surface area contributed by atoms with Crippen molar-refractivity contribution in [2.75, 3.05) is 13.1 Å². The van der Waals surface area contributed by atoms with Crippen LogP contribution in [-0.2, 0) is 0 Å². The molecule has 0 aromatic rings. The van der Waals surface area contributed by atoms with E-state index in [1.165, 1.54) is 0 Å². The molecule has 1 aliphatic rings. The van der Waals surface area contributed by atoms with Crippen LogP contribution in [0.2, 0.25) is 0 Å². The van der Waals surface area contributed by atoms with Crippen molar-refractivity contribution in [1.29, 1.82) is 0 Å². The summed E-state index contributed by atoms with van der Waals surface area (Å²) in [4.78, 5) is 0. The summed E-state index contributed by atoms with van der Waals surface area (Å²) in [5, 5.41) is 16.5. The van der Waals surface area contributed by atoms with E-state index in [1.54, 1.807) is 0 Å². The highest BCUT2D eigenvalue weighted by molar-refractivity contribution is 4.86. The molecule has 0 saturated carbocycles.